The van der Waals surface area contributed by atoms with E-state index in [-0.39, 0.29) is 30.0 Å². The second-order valence-corrected chi connectivity index (χ2v) is 9.46. The molecule has 3 saturated carbocycles. The molecule has 0 aromatic heterocycles. The van der Waals surface area contributed by atoms with Crippen molar-refractivity contribution in [3.05, 3.63) is 23.8 Å². The second-order valence-electron chi connectivity index (χ2n) is 9.46. The van der Waals surface area contributed by atoms with Crippen molar-refractivity contribution in [3.8, 4) is 0 Å². The summed E-state index contributed by atoms with van der Waals surface area (Å²) in [5.74, 6) is -1.31. The lowest BCUT2D eigenvalue weighted by atomic mass is 9.46. The number of ketones is 1. The lowest BCUT2D eigenvalue weighted by Gasteiger charge is -2.59. The first kappa shape index (κ1) is 18.8. The Morgan fingerprint density at radius 2 is 2.00 bits per heavy atom. The van der Waals surface area contributed by atoms with Crippen LogP contribution in [0.5, 0.6) is 0 Å². The van der Waals surface area contributed by atoms with E-state index in [1.54, 1.807) is 12.2 Å². The summed E-state index contributed by atoms with van der Waals surface area (Å²) in [6.07, 6.45) is 4.84. The van der Waals surface area contributed by atoms with E-state index in [1.165, 1.54) is 0 Å². The van der Waals surface area contributed by atoms with Gasteiger partial charge in [-0.25, -0.2) is 0 Å². The van der Waals surface area contributed by atoms with Crippen LogP contribution in [0.15, 0.2) is 23.8 Å². The van der Waals surface area contributed by atoms with Crippen LogP contribution in [-0.2, 0) is 9.59 Å². The molecule has 8 atom stereocenters. The van der Waals surface area contributed by atoms with E-state index in [4.69, 9.17) is 0 Å². The minimum absolute atomic E-state index is 0.0248. The van der Waals surface area contributed by atoms with Gasteiger partial charge in [-0.2, -0.15) is 0 Å². The monoisotopic (exact) mass is 376 g/mol. The van der Waals surface area contributed by atoms with E-state index in [0.29, 0.717) is 6.42 Å². The molecule has 6 heteroatoms. The molecule has 0 radical (unpaired) electrons. The number of carboxylic acid groups (broad SMARTS) is 1. The average molecular weight is 376 g/mol. The predicted octanol–water partition coefficient (Wildman–Crippen LogP) is 1.44. The summed E-state index contributed by atoms with van der Waals surface area (Å²) in [6.45, 7) is 3.88. The van der Waals surface area contributed by atoms with Crippen LogP contribution in [0.2, 0.25) is 0 Å². The van der Waals surface area contributed by atoms with Crippen molar-refractivity contribution < 1.29 is 30.0 Å². The topological polar surface area (TPSA) is 115 Å². The van der Waals surface area contributed by atoms with Crippen molar-refractivity contribution in [2.75, 3.05) is 0 Å². The molecule has 0 spiro atoms. The van der Waals surface area contributed by atoms with E-state index >= 15 is 0 Å². The number of aliphatic carboxylic acids is 1. The third-order valence-corrected chi connectivity index (χ3v) is 8.32. The van der Waals surface area contributed by atoms with Gasteiger partial charge in [0, 0.05) is 16.7 Å². The molecule has 5 unspecified atom stereocenters. The van der Waals surface area contributed by atoms with Gasteiger partial charge < -0.3 is 20.4 Å². The van der Waals surface area contributed by atoms with Crippen molar-refractivity contribution >= 4 is 11.8 Å². The van der Waals surface area contributed by atoms with Gasteiger partial charge in [0.25, 0.3) is 0 Å². The Labute approximate surface area is 158 Å². The molecular weight excluding hydrogens is 348 g/mol. The van der Waals surface area contributed by atoms with Crippen molar-refractivity contribution in [1.29, 1.82) is 0 Å². The molecule has 0 amide bonds. The maximum Gasteiger partial charge on any atom is 0.306 e. The molecule has 0 bridgehead atoms. The predicted molar refractivity (Wildman–Crippen MR) is 96.6 cm³/mol. The first-order chi connectivity index (χ1) is 12.5. The van der Waals surface area contributed by atoms with Gasteiger partial charge in [-0.3, -0.25) is 9.59 Å². The van der Waals surface area contributed by atoms with E-state index < -0.39 is 41.0 Å². The fraction of sp³-hybridized carbons (Fsp3) is 0.714. The summed E-state index contributed by atoms with van der Waals surface area (Å²) in [4.78, 5) is 23.2. The molecule has 4 rings (SSSR count). The highest BCUT2D eigenvalue weighted by molar-refractivity contribution is 6.01. The molecule has 0 aliphatic heterocycles. The Hall–Kier alpha value is -1.50. The molecule has 0 saturated heterocycles. The third-order valence-electron chi connectivity index (χ3n) is 8.32. The third kappa shape index (κ3) is 2.36. The van der Waals surface area contributed by atoms with Crippen LogP contribution in [0, 0.1) is 28.6 Å². The molecule has 148 valence electrons. The van der Waals surface area contributed by atoms with Gasteiger partial charge in [0.05, 0.1) is 18.6 Å². The van der Waals surface area contributed by atoms with E-state index in [2.05, 4.69) is 6.92 Å². The van der Waals surface area contributed by atoms with E-state index in [9.17, 15) is 30.0 Å². The van der Waals surface area contributed by atoms with Crippen LogP contribution in [0.3, 0.4) is 0 Å². The van der Waals surface area contributed by atoms with Gasteiger partial charge in [0.2, 0.25) is 0 Å². The lowest BCUT2D eigenvalue weighted by Crippen LogP contribution is -2.61. The number of hydrogen-bond donors (Lipinski definition) is 4. The Balaban J connectivity index is 1.75. The minimum atomic E-state index is -1.75. The Morgan fingerprint density at radius 3 is 2.67 bits per heavy atom. The first-order valence-electron chi connectivity index (χ1n) is 9.77. The smallest absolute Gasteiger partial charge is 0.306 e. The van der Waals surface area contributed by atoms with Crippen LogP contribution >= 0.6 is 0 Å². The zero-order valence-electron chi connectivity index (χ0n) is 15.8. The Kier molecular flexibility index (Phi) is 4.01. The number of carbonyl (C=O) groups is 2. The number of carboxylic acids is 1. The number of fused-ring (bicyclic) bond motifs is 5. The molecular formula is C21H28O6. The van der Waals surface area contributed by atoms with Crippen LogP contribution in [0.25, 0.3) is 0 Å². The number of aliphatic hydroxyl groups excluding tert-OH is 2. The summed E-state index contributed by atoms with van der Waals surface area (Å²) in [5, 5.41) is 42.3. The molecule has 4 aliphatic carbocycles. The first-order valence-corrected chi connectivity index (χ1v) is 9.77. The molecule has 0 heterocycles. The quantitative estimate of drug-likeness (QED) is 0.580. The number of aliphatic hydroxyl groups is 3. The zero-order chi connectivity index (χ0) is 19.8. The highest BCUT2D eigenvalue weighted by atomic mass is 16.4. The SMILES string of the molecule is C[C@]12C=CC(=O)C=C1CCC1C2C(O)C[C@@]2(C)C1CC(O)[C@]2(O)CC(=O)O. The van der Waals surface area contributed by atoms with Crippen molar-refractivity contribution in [2.45, 2.75) is 63.8 Å². The standard InChI is InChI=1S/C21H28O6/c1-19-6-5-12(22)7-11(19)3-4-13-14-8-16(24)21(27,10-17(25)26)20(14,2)9-15(23)18(13)19/h5-7,13-16,18,23-24,27H,3-4,8-10H2,1-2H3,(H,25,26)/t13?,14?,15?,16?,18?,19-,20-,21+/m0/s1. The fourth-order valence-electron chi connectivity index (χ4n) is 6.97. The molecule has 6 nitrogen and oxygen atoms in total. The molecule has 4 aliphatic rings. The lowest BCUT2D eigenvalue weighted by molar-refractivity contribution is -0.190. The molecule has 0 aromatic carbocycles. The largest absolute Gasteiger partial charge is 0.481 e. The molecule has 4 N–H and O–H groups in total. The highest BCUT2D eigenvalue weighted by Crippen LogP contribution is 2.67. The van der Waals surface area contributed by atoms with Gasteiger partial charge in [-0.15, -0.1) is 0 Å². The van der Waals surface area contributed by atoms with Crippen molar-refractivity contribution in [1.82, 2.24) is 0 Å². The Morgan fingerprint density at radius 1 is 1.30 bits per heavy atom. The van der Waals surface area contributed by atoms with Gasteiger partial charge in [0.15, 0.2) is 5.78 Å². The van der Waals surface area contributed by atoms with Crippen molar-refractivity contribution in [3.63, 3.8) is 0 Å². The summed E-state index contributed by atoms with van der Waals surface area (Å²) < 4.78 is 0. The molecule has 3 fully saturated rings. The van der Waals surface area contributed by atoms with Gasteiger partial charge >= 0.3 is 5.97 Å². The normalized spacial score (nSPS) is 51.2. The summed E-state index contributed by atoms with van der Waals surface area (Å²) in [5.41, 5.74) is -1.99. The molecule has 0 aromatic rings. The van der Waals surface area contributed by atoms with Gasteiger partial charge in [-0.1, -0.05) is 25.5 Å². The van der Waals surface area contributed by atoms with Gasteiger partial charge in [0.1, 0.15) is 5.60 Å². The minimum Gasteiger partial charge on any atom is -0.481 e. The average Bonchev–Trinajstić information content (AvgIpc) is 2.75. The Bertz CT molecular complexity index is 756. The number of rotatable bonds is 2. The zero-order valence-corrected chi connectivity index (χ0v) is 15.8. The number of allylic oxidation sites excluding steroid dienone is 4. The van der Waals surface area contributed by atoms with Crippen LogP contribution < -0.4 is 0 Å². The summed E-state index contributed by atoms with van der Waals surface area (Å²) >= 11 is 0. The van der Waals surface area contributed by atoms with Gasteiger partial charge in [-0.05, 0) is 49.7 Å². The van der Waals surface area contributed by atoms with E-state index in [0.717, 1.165) is 18.4 Å². The number of carbonyl (C=O) groups excluding carboxylic acids is 1. The molecule has 27 heavy (non-hydrogen) atoms. The van der Waals surface area contributed by atoms with Crippen molar-refractivity contribution in [2.24, 2.45) is 28.6 Å². The van der Waals surface area contributed by atoms with Crippen LogP contribution in [-0.4, -0.2) is 50.0 Å². The highest BCUT2D eigenvalue weighted by Gasteiger charge is 2.69. The number of hydrogen-bond acceptors (Lipinski definition) is 5. The second kappa shape index (κ2) is 5.75. The fourth-order valence-corrected chi connectivity index (χ4v) is 6.97. The van der Waals surface area contributed by atoms with Crippen LogP contribution in [0.1, 0.15) is 46.0 Å². The van der Waals surface area contributed by atoms with Crippen LogP contribution in [0.4, 0.5) is 0 Å². The summed E-state index contributed by atoms with van der Waals surface area (Å²) in [7, 11) is 0. The maximum atomic E-state index is 11.8. The maximum absolute atomic E-state index is 11.8. The summed E-state index contributed by atoms with van der Waals surface area (Å²) in [6, 6.07) is 0. The van der Waals surface area contributed by atoms with E-state index in [1.807, 2.05) is 13.0 Å².